The van der Waals surface area contributed by atoms with E-state index in [9.17, 15) is 0 Å². The molecule has 1 aliphatic heterocycles. The van der Waals surface area contributed by atoms with Crippen molar-refractivity contribution in [1.82, 2.24) is 14.9 Å². The first-order chi connectivity index (χ1) is 8.19. The number of rotatable bonds is 1. The SMILES string of the molecule is CCN1CCc2c(sc3nc(=S)[nH]c(N)c23)C1. The second-order valence-corrected chi connectivity index (χ2v) is 5.73. The Bertz CT molecular complexity index is 628. The van der Waals surface area contributed by atoms with Gasteiger partial charge in [-0.1, -0.05) is 6.92 Å². The van der Waals surface area contributed by atoms with Crippen molar-refractivity contribution in [1.29, 1.82) is 0 Å². The molecule has 0 amide bonds. The smallest absolute Gasteiger partial charge is 0.199 e. The molecule has 0 unspecified atom stereocenters. The number of hydrogen-bond donors (Lipinski definition) is 2. The second kappa shape index (κ2) is 4.04. The molecule has 2 aromatic heterocycles. The summed E-state index contributed by atoms with van der Waals surface area (Å²) in [6.45, 7) is 5.40. The monoisotopic (exact) mass is 266 g/mol. The summed E-state index contributed by atoms with van der Waals surface area (Å²) in [5.74, 6) is 0.669. The van der Waals surface area contributed by atoms with Crippen LogP contribution in [-0.2, 0) is 13.0 Å². The van der Waals surface area contributed by atoms with Gasteiger partial charge >= 0.3 is 0 Å². The third-order valence-electron chi connectivity index (χ3n) is 3.28. The number of hydrogen-bond acceptors (Lipinski definition) is 5. The van der Waals surface area contributed by atoms with Crippen LogP contribution in [0.4, 0.5) is 5.82 Å². The summed E-state index contributed by atoms with van der Waals surface area (Å²) >= 11 is 6.79. The molecule has 4 nitrogen and oxygen atoms in total. The maximum absolute atomic E-state index is 6.02. The molecule has 1 aliphatic rings. The van der Waals surface area contributed by atoms with Gasteiger partial charge in [-0.3, -0.25) is 4.90 Å². The number of aromatic nitrogens is 2. The third-order valence-corrected chi connectivity index (χ3v) is 4.58. The number of nitrogen functional groups attached to an aromatic ring is 1. The van der Waals surface area contributed by atoms with Gasteiger partial charge in [-0.25, -0.2) is 4.98 Å². The third kappa shape index (κ3) is 1.76. The van der Waals surface area contributed by atoms with E-state index in [1.54, 1.807) is 11.3 Å². The van der Waals surface area contributed by atoms with Crippen molar-refractivity contribution in [2.45, 2.75) is 19.9 Å². The van der Waals surface area contributed by atoms with Gasteiger partial charge in [-0.15, -0.1) is 11.3 Å². The summed E-state index contributed by atoms with van der Waals surface area (Å²) in [6.07, 6.45) is 1.06. The molecule has 0 fully saturated rings. The van der Waals surface area contributed by atoms with E-state index in [2.05, 4.69) is 21.8 Å². The van der Waals surface area contributed by atoms with Crippen molar-refractivity contribution in [2.75, 3.05) is 18.8 Å². The fraction of sp³-hybridized carbons (Fsp3) is 0.455. The highest BCUT2D eigenvalue weighted by molar-refractivity contribution is 7.71. The van der Waals surface area contributed by atoms with Crippen LogP contribution in [0.15, 0.2) is 0 Å². The van der Waals surface area contributed by atoms with Gasteiger partial charge in [0.05, 0.1) is 5.39 Å². The number of fused-ring (bicyclic) bond motifs is 3. The lowest BCUT2D eigenvalue weighted by atomic mass is 10.1. The minimum Gasteiger partial charge on any atom is -0.385 e. The number of nitrogens with zero attached hydrogens (tertiary/aromatic N) is 2. The summed E-state index contributed by atoms with van der Waals surface area (Å²) in [6, 6.07) is 0. The van der Waals surface area contributed by atoms with Gasteiger partial charge in [-0.2, -0.15) is 0 Å². The Kier molecular flexibility index (Phi) is 2.65. The second-order valence-electron chi connectivity index (χ2n) is 4.26. The van der Waals surface area contributed by atoms with E-state index in [0.717, 1.165) is 36.3 Å². The number of likely N-dealkylation sites (N-methyl/N-ethyl adjacent to an activating group) is 1. The number of thiophene rings is 1. The van der Waals surface area contributed by atoms with E-state index in [1.807, 2.05) is 0 Å². The first-order valence-corrected chi connectivity index (χ1v) is 6.94. The molecule has 0 saturated heterocycles. The van der Waals surface area contributed by atoms with Crippen LogP contribution in [0.2, 0.25) is 0 Å². The highest BCUT2D eigenvalue weighted by atomic mass is 32.1. The van der Waals surface area contributed by atoms with Crippen LogP contribution in [0.1, 0.15) is 17.4 Å². The zero-order valence-electron chi connectivity index (χ0n) is 9.62. The van der Waals surface area contributed by atoms with E-state index in [0.29, 0.717) is 10.6 Å². The maximum atomic E-state index is 6.02. The Balaban J connectivity index is 2.22. The van der Waals surface area contributed by atoms with Crippen LogP contribution in [0.3, 0.4) is 0 Å². The van der Waals surface area contributed by atoms with Crippen molar-refractivity contribution in [3.05, 3.63) is 15.2 Å². The van der Waals surface area contributed by atoms with Gasteiger partial charge in [0.1, 0.15) is 10.6 Å². The molecule has 0 spiro atoms. The van der Waals surface area contributed by atoms with Crippen molar-refractivity contribution in [3.63, 3.8) is 0 Å². The van der Waals surface area contributed by atoms with Gasteiger partial charge < -0.3 is 10.7 Å². The van der Waals surface area contributed by atoms with Crippen LogP contribution in [0, 0.1) is 4.77 Å². The molecule has 0 aliphatic carbocycles. The summed E-state index contributed by atoms with van der Waals surface area (Å²) in [4.78, 5) is 12.1. The van der Waals surface area contributed by atoms with Crippen molar-refractivity contribution >= 4 is 39.6 Å². The Hall–Kier alpha value is -0.980. The number of nitrogens with two attached hydrogens (primary N) is 1. The van der Waals surface area contributed by atoms with E-state index in [4.69, 9.17) is 18.0 Å². The fourth-order valence-corrected chi connectivity index (χ4v) is 3.91. The molecule has 2 aromatic rings. The van der Waals surface area contributed by atoms with E-state index in [-0.39, 0.29) is 0 Å². The minimum atomic E-state index is 0.473. The molecule has 0 atom stereocenters. The number of H-pyrrole nitrogens is 1. The molecule has 90 valence electrons. The predicted molar refractivity (Wildman–Crippen MR) is 73.9 cm³/mol. The van der Waals surface area contributed by atoms with E-state index >= 15 is 0 Å². The fourth-order valence-electron chi connectivity index (χ4n) is 2.37. The molecular weight excluding hydrogens is 252 g/mol. The lowest BCUT2D eigenvalue weighted by Gasteiger charge is -2.25. The standard InChI is InChI=1S/C11H14N4S2/c1-2-15-4-3-6-7(5-15)17-10-8(6)9(12)13-11(16)14-10/h2-5H2,1H3,(H3,12,13,14,16). The molecule has 0 bridgehead atoms. The molecule has 0 aromatic carbocycles. The Morgan fingerprint density at radius 1 is 1.59 bits per heavy atom. The van der Waals surface area contributed by atoms with Crippen molar-refractivity contribution in [3.8, 4) is 0 Å². The average Bonchev–Trinajstić information content (AvgIpc) is 2.65. The number of aromatic amines is 1. The molecule has 6 heteroatoms. The van der Waals surface area contributed by atoms with E-state index < -0.39 is 0 Å². The number of nitrogens with one attached hydrogen (secondary N) is 1. The topological polar surface area (TPSA) is 57.9 Å². The molecular formula is C11H14N4S2. The molecule has 3 heterocycles. The summed E-state index contributed by atoms with van der Waals surface area (Å²) in [7, 11) is 0. The summed E-state index contributed by atoms with van der Waals surface area (Å²) in [5, 5.41) is 1.09. The molecule has 0 saturated carbocycles. The summed E-state index contributed by atoms with van der Waals surface area (Å²) in [5.41, 5.74) is 7.39. The van der Waals surface area contributed by atoms with Gasteiger partial charge in [0.2, 0.25) is 0 Å². The Morgan fingerprint density at radius 2 is 2.41 bits per heavy atom. The highest BCUT2D eigenvalue weighted by Crippen LogP contribution is 2.36. The minimum absolute atomic E-state index is 0.473. The zero-order chi connectivity index (χ0) is 12.0. The van der Waals surface area contributed by atoms with Crippen LogP contribution in [0.5, 0.6) is 0 Å². The molecule has 3 rings (SSSR count). The Morgan fingerprint density at radius 3 is 3.18 bits per heavy atom. The largest absolute Gasteiger partial charge is 0.385 e. The number of anilines is 1. The predicted octanol–water partition coefficient (Wildman–Crippen LogP) is 2.31. The zero-order valence-corrected chi connectivity index (χ0v) is 11.2. The van der Waals surface area contributed by atoms with Crippen LogP contribution in [0.25, 0.3) is 10.2 Å². The molecule has 3 N–H and O–H groups in total. The van der Waals surface area contributed by atoms with Gasteiger partial charge in [0.15, 0.2) is 4.77 Å². The average molecular weight is 266 g/mol. The first kappa shape index (κ1) is 11.1. The van der Waals surface area contributed by atoms with Gasteiger partial charge in [0.25, 0.3) is 0 Å². The Labute approximate surface area is 108 Å². The van der Waals surface area contributed by atoms with Gasteiger partial charge in [-0.05, 0) is 30.7 Å². The molecule has 17 heavy (non-hydrogen) atoms. The van der Waals surface area contributed by atoms with Crippen LogP contribution >= 0.6 is 23.6 Å². The highest BCUT2D eigenvalue weighted by Gasteiger charge is 2.22. The quantitative estimate of drug-likeness (QED) is 0.778. The first-order valence-electron chi connectivity index (χ1n) is 5.71. The van der Waals surface area contributed by atoms with E-state index in [1.165, 1.54) is 10.4 Å². The van der Waals surface area contributed by atoms with Crippen molar-refractivity contribution in [2.24, 2.45) is 0 Å². The van der Waals surface area contributed by atoms with Gasteiger partial charge in [0, 0.05) is 18.0 Å². The van der Waals surface area contributed by atoms with Crippen LogP contribution < -0.4 is 5.73 Å². The lowest BCUT2D eigenvalue weighted by Crippen LogP contribution is -2.29. The normalized spacial score (nSPS) is 16.3. The van der Waals surface area contributed by atoms with Crippen LogP contribution in [-0.4, -0.2) is 28.0 Å². The molecule has 0 radical (unpaired) electrons. The lowest BCUT2D eigenvalue weighted by molar-refractivity contribution is 0.272. The summed E-state index contributed by atoms with van der Waals surface area (Å²) < 4.78 is 0.473. The maximum Gasteiger partial charge on any atom is 0.199 e. The van der Waals surface area contributed by atoms with Crippen molar-refractivity contribution < 1.29 is 0 Å².